The molecular formula is C24H23NO3S. The van der Waals surface area contributed by atoms with Crippen LogP contribution in [-0.4, -0.2) is 22.7 Å². The first kappa shape index (κ1) is 19.4. The molecule has 0 fully saturated rings. The van der Waals surface area contributed by atoms with Crippen molar-refractivity contribution in [2.45, 2.75) is 33.6 Å². The molecule has 0 aliphatic rings. The van der Waals surface area contributed by atoms with Gasteiger partial charge in [-0.15, -0.1) is 11.3 Å². The number of fused-ring (bicyclic) bond motifs is 2. The van der Waals surface area contributed by atoms with Gasteiger partial charge in [0, 0.05) is 20.5 Å². The second kappa shape index (κ2) is 7.84. The largest absolute Gasteiger partial charge is 0.493 e. The minimum Gasteiger partial charge on any atom is -0.493 e. The first-order chi connectivity index (χ1) is 14.0. The molecule has 5 heteroatoms. The maximum Gasteiger partial charge on any atom is 0.336 e. The van der Waals surface area contributed by atoms with Crippen molar-refractivity contribution in [2.24, 2.45) is 0 Å². The summed E-state index contributed by atoms with van der Waals surface area (Å²) in [4.78, 5) is 18.2. The standard InChI is InChI=1S/C24H23NO3S/c1-4-5-12-28-19-11-10-14(2)23-22(19)17(24(26)27)13-18(25-23)21-15(3)29-20-9-7-6-8-16(20)21/h6-11,13H,4-5,12H2,1-3H3,(H,26,27). The number of hydrogen-bond donors (Lipinski definition) is 1. The molecule has 0 saturated heterocycles. The molecule has 0 spiro atoms. The number of aryl methyl sites for hydroxylation is 2. The van der Waals surface area contributed by atoms with Crippen molar-refractivity contribution in [2.75, 3.05) is 6.61 Å². The Morgan fingerprint density at radius 2 is 1.97 bits per heavy atom. The summed E-state index contributed by atoms with van der Waals surface area (Å²) in [6.45, 7) is 6.67. The summed E-state index contributed by atoms with van der Waals surface area (Å²) in [5.41, 5.74) is 3.55. The van der Waals surface area contributed by atoms with E-state index in [1.807, 2.05) is 31.2 Å². The number of unbranched alkanes of at least 4 members (excludes halogenated alkanes) is 1. The number of aromatic carboxylic acids is 1. The molecule has 0 atom stereocenters. The molecule has 29 heavy (non-hydrogen) atoms. The van der Waals surface area contributed by atoms with Crippen LogP contribution in [0.25, 0.3) is 32.2 Å². The predicted octanol–water partition coefficient (Wildman–Crippen LogP) is 6.61. The number of aromatic nitrogens is 1. The number of nitrogens with zero attached hydrogens (tertiary/aromatic N) is 1. The third-order valence-corrected chi connectivity index (χ3v) is 6.22. The molecule has 2 aromatic heterocycles. The van der Waals surface area contributed by atoms with Crippen molar-refractivity contribution in [3.63, 3.8) is 0 Å². The average molecular weight is 406 g/mol. The molecule has 2 aromatic carbocycles. The fourth-order valence-corrected chi connectivity index (χ4v) is 4.75. The van der Waals surface area contributed by atoms with Crippen LogP contribution in [0.4, 0.5) is 0 Å². The lowest BCUT2D eigenvalue weighted by Crippen LogP contribution is -2.05. The van der Waals surface area contributed by atoms with Crippen LogP contribution in [0.15, 0.2) is 42.5 Å². The SMILES string of the molecule is CCCCOc1ccc(C)c2nc(-c3c(C)sc4ccccc34)cc(C(=O)O)c12. The van der Waals surface area contributed by atoms with E-state index in [1.165, 1.54) is 4.70 Å². The van der Waals surface area contributed by atoms with Crippen molar-refractivity contribution in [3.05, 3.63) is 58.5 Å². The molecule has 1 N–H and O–H groups in total. The van der Waals surface area contributed by atoms with Gasteiger partial charge in [-0.05, 0) is 44.0 Å². The summed E-state index contributed by atoms with van der Waals surface area (Å²) < 4.78 is 7.10. The number of pyridine rings is 1. The van der Waals surface area contributed by atoms with E-state index in [4.69, 9.17) is 9.72 Å². The molecular weight excluding hydrogens is 382 g/mol. The Labute approximate surface area is 173 Å². The molecule has 0 amide bonds. The van der Waals surface area contributed by atoms with E-state index in [0.29, 0.717) is 29.0 Å². The first-order valence-electron chi connectivity index (χ1n) is 9.80. The highest BCUT2D eigenvalue weighted by Crippen LogP contribution is 2.40. The van der Waals surface area contributed by atoms with Crippen molar-refractivity contribution in [3.8, 4) is 17.0 Å². The summed E-state index contributed by atoms with van der Waals surface area (Å²) in [6.07, 6.45) is 1.94. The van der Waals surface area contributed by atoms with Crippen LogP contribution < -0.4 is 4.74 Å². The second-order valence-electron chi connectivity index (χ2n) is 7.20. The lowest BCUT2D eigenvalue weighted by Gasteiger charge is -2.14. The normalized spacial score (nSPS) is 11.3. The van der Waals surface area contributed by atoms with Gasteiger partial charge in [-0.25, -0.2) is 9.78 Å². The van der Waals surface area contributed by atoms with Crippen LogP contribution in [-0.2, 0) is 0 Å². The summed E-state index contributed by atoms with van der Waals surface area (Å²) in [6, 6.07) is 13.7. The zero-order valence-electron chi connectivity index (χ0n) is 16.8. The van der Waals surface area contributed by atoms with Gasteiger partial charge in [0.05, 0.1) is 28.8 Å². The molecule has 0 radical (unpaired) electrons. The van der Waals surface area contributed by atoms with Gasteiger partial charge < -0.3 is 9.84 Å². The van der Waals surface area contributed by atoms with E-state index in [0.717, 1.165) is 34.2 Å². The van der Waals surface area contributed by atoms with Gasteiger partial charge in [0.15, 0.2) is 0 Å². The minimum atomic E-state index is -0.971. The summed E-state index contributed by atoms with van der Waals surface area (Å²) in [7, 11) is 0. The first-order valence-corrected chi connectivity index (χ1v) is 10.6. The van der Waals surface area contributed by atoms with Crippen molar-refractivity contribution >= 4 is 38.3 Å². The van der Waals surface area contributed by atoms with E-state index < -0.39 is 5.97 Å². The molecule has 0 aliphatic carbocycles. The highest BCUT2D eigenvalue weighted by atomic mass is 32.1. The number of hydrogen-bond acceptors (Lipinski definition) is 4. The van der Waals surface area contributed by atoms with Gasteiger partial charge in [-0.3, -0.25) is 0 Å². The van der Waals surface area contributed by atoms with Gasteiger partial charge in [0.1, 0.15) is 5.75 Å². The minimum absolute atomic E-state index is 0.231. The van der Waals surface area contributed by atoms with Crippen LogP contribution in [0.1, 0.15) is 40.6 Å². The van der Waals surface area contributed by atoms with Crippen molar-refractivity contribution in [1.29, 1.82) is 0 Å². The maximum absolute atomic E-state index is 12.2. The molecule has 0 saturated carbocycles. The fourth-order valence-electron chi connectivity index (χ4n) is 3.67. The number of carboxylic acids is 1. The molecule has 0 aliphatic heterocycles. The van der Waals surface area contributed by atoms with Gasteiger partial charge in [-0.1, -0.05) is 37.6 Å². The highest BCUT2D eigenvalue weighted by molar-refractivity contribution is 7.19. The average Bonchev–Trinajstić information content (AvgIpc) is 3.05. The van der Waals surface area contributed by atoms with Crippen LogP contribution in [0.5, 0.6) is 5.75 Å². The third-order valence-electron chi connectivity index (χ3n) is 5.14. The Hall–Kier alpha value is -2.92. The Kier molecular flexibility index (Phi) is 5.24. The summed E-state index contributed by atoms with van der Waals surface area (Å²) >= 11 is 1.70. The van der Waals surface area contributed by atoms with E-state index in [2.05, 4.69) is 26.0 Å². The number of thiophene rings is 1. The fraction of sp³-hybridized carbons (Fsp3) is 0.250. The maximum atomic E-state index is 12.2. The van der Waals surface area contributed by atoms with Gasteiger partial charge in [0.2, 0.25) is 0 Å². The topological polar surface area (TPSA) is 59.4 Å². The van der Waals surface area contributed by atoms with Crippen molar-refractivity contribution < 1.29 is 14.6 Å². The van der Waals surface area contributed by atoms with Gasteiger partial charge in [-0.2, -0.15) is 0 Å². The van der Waals surface area contributed by atoms with Crippen LogP contribution >= 0.6 is 11.3 Å². The zero-order chi connectivity index (χ0) is 20.5. The Bertz CT molecular complexity index is 1230. The number of rotatable bonds is 6. The van der Waals surface area contributed by atoms with Gasteiger partial charge >= 0.3 is 5.97 Å². The Morgan fingerprint density at radius 1 is 1.17 bits per heavy atom. The lowest BCUT2D eigenvalue weighted by molar-refractivity contribution is 0.0698. The molecule has 4 aromatic rings. The second-order valence-corrected chi connectivity index (χ2v) is 8.45. The third kappa shape index (κ3) is 3.47. The molecule has 0 bridgehead atoms. The number of ether oxygens (including phenoxy) is 1. The zero-order valence-corrected chi connectivity index (χ0v) is 17.6. The lowest BCUT2D eigenvalue weighted by atomic mass is 10.00. The monoisotopic (exact) mass is 405 g/mol. The van der Waals surface area contributed by atoms with Crippen LogP contribution in [0.2, 0.25) is 0 Å². The Morgan fingerprint density at radius 3 is 2.72 bits per heavy atom. The number of carboxylic acid groups (broad SMARTS) is 1. The van der Waals surface area contributed by atoms with Crippen LogP contribution in [0, 0.1) is 13.8 Å². The smallest absolute Gasteiger partial charge is 0.336 e. The Balaban J connectivity index is 1.99. The summed E-state index contributed by atoms with van der Waals surface area (Å²) in [5.74, 6) is -0.385. The molecule has 4 rings (SSSR count). The van der Waals surface area contributed by atoms with Crippen LogP contribution in [0.3, 0.4) is 0 Å². The van der Waals surface area contributed by atoms with E-state index >= 15 is 0 Å². The quantitative estimate of drug-likeness (QED) is 0.367. The highest BCUT2D eigenvalue weighted by Gasteiger charge is 2.21. The molecule has 148 valence electrons. The van der Waals surface area contributed by atoms with E-state index in [1.54, 1.807) is 17.4 Å². The number of benzene rings is 2. The number of carbonyl (C=O) groups is 1. The predicted molar refractivity (Wildman–Crippen MR) is 119 cm³/mol. The summed E-state index contributed by atoms with van der Waals surface area (Å²) in [5, 5.41) is 11.7. The van der Waals surface area contributed by atoms with E-state index in [-0.39, 0.29) is 5.56 Å². The molecule has 0 unspecified atom stereocenters. The van der Waals surface area contributed by atoms with Gasteiger partial charge in [0.25, 0.3) is 0 Å². The molecule has 2 heterocycles. The van der Waals surface area contributed by atoms with Crippen molar-refractivity contribution in [1.82, 2.24) is 4.98 Å². The molecule has 4 nitrogen and oxygen atoms in total. The van der Waals surface area contributed by atoms with E-state index in [9.17, 15) is 9.90 Å².